The lowest BCUT2D eigenvalue weighted by atomic mass is 9.99. The van der Waals surface area contributed by atoms with Crippen LogP contribution in [0.15, 0.2) is 42.7 Å². The first-order chi connectivity index (χ1) is 10.2. The van der Waals surface area contributed by atoms with Gasteiger partial charge in [-0.05, 0) is 37.6 Å². The first-order valence-electron chi connectivity index (χ1n) is 6.86. The first kappa shape index (κ1) is 15.3. The van der Waals surface area contributed by atoms with Crippen molar-refractivity contribution in [1.29, 1.82) is 0 Å². The third-order valence-corrected chi connectivity index (χ3v) is 3.08. The molecule has 0 saturated carbocycles. The van der Waals surface area contributed by atoms with Crippen LogP contribution in [0.3, 0.4) is 0 Å². The number of hydrazine groups is 1. The van der Waals surface area contributed by atoms with Crippen LogP contribution >= 0.6 is 0 Å². The molecule has 1 aromatic heterocycles. The number of ether oxygens (including phenoxy) is 2. The van der Waals surface area contributed by atoms with E-state index in [4.69, 9.17) is 15.3 Å². The molecule has 0 spiro atoms. The Morgan fingerprint density at radius 3 is 2.71 bits per heavy atom. The molecule has 0 aliphatic rings. The maximum absolute atomic E-state index is 5.74. The zero-order chi connectivity index (χ0) is 15.2. The third-order valence-electron chi connectivity index (χ3n) is 3.08. The van der Waals surface area contributed by atoms with Gasteiger partial charge in [0.25, 0.3) is 0 Å². The van der Waals surface area contributed by atoms with Crippen LogP contribution in [-0.2, 0) is 0 Å². The van der Waals surface area contributed by atoms with E-state index in [9.17, 15) is 0 Å². The van der Waals surface area contributed by atoms with Crippen molar-refractivity contribution >= 4 is 0 Å². The van der Waals surface area contributed by atoms with Gasteiger partial charge < -0.3 is 9.47 Å². The van der Waals surface area contributed by atoms with Crippen molar-refractivity contribution in [2.45, 2.75) is 26.0 Å². The summed E-state index contributed by atoms with van der Waals surface area (Å²) in [7, 11) is 1.62. The fourth-order valence-electron chi connectivity index (χ4n) is 2.20. The highest BCUT2D eigenvalue weighted by molar-refractivity contribution is 5.41. The number of hydrogen-bond donors (Lipinski definition) is 2. The highest BCUT2D eigenvalue weighted by Crippen LogP contribution is 2.30. The molecule has 1 unspecified atom stereocenters. The van der Waals surface area contributed by atoms with Crippen LogP contribution in [0, 0.1) is 0 Å². The molecule has 0 radical (unpaired) electrons. The Labute approximate surface area is 125 Å². The van der Waals surface area contributed by atoms with E-state index in [1.807, 2.05) is 44.2 Å². The van der Waals surface area contributed by atoms with Gasteiger partial charge in [0.15, 0.2) is 0 Å². The van der Waals surface area contributed by atoms with Crippen molar-refractivity contribution < 1.29 is 9.47 Å². The highest BCUT2D eigenvalue weighted by Gasteiger charge is 2.17. The average Bonchev–Trinajstić information content (AvgIpc) is 2.48. The number of nitrogens with zero attached hydrogens (tertiary/aromatic N) is 1. The normalized spacial score (nSPS) is 12.2. The smallest absolute Gasteiger partial charge is 0.142 e. The van der Waals surface area contributed by atoms with Crippen LogP contribution in [-0.4, -0.2) is 18.2 Å². The summed E-state index contributed by atoms with van der Waals surface area (Å²) in [5, 5.41) is 0. The van der Waals surface area contributed by atoms with E-state index < -0.39 is 0 Å². The summed E-state index contributed by atoms with van der Waals surface area (Å²) in [5.74, 6) is 7.25. The van der Waals surface area contributed by atoms with Gasteiger partial charge in [0, 0.05) is 11.8 Å². The van der Waals surface area contributed by atoms with Gasteiger partial charge >= 0.3 is 0 Å². The van der Waals surface area contributed by atoms with Crippen LogP contribution in [0.5, 0.6) is 11.5 Å². The van der Waals surface area contributed by atoms with Gasteiger partial charge in [-0.1, -0.05) is 12.1 Å². The minimum Gasteiger partial charge on any atom is -0.495 e. The molecule has 3 N–H and O–H groups in total. The Hall–Kier alpha value is -2.11. The Bertz CT molecular complexity index is 587. The summed E-state index contributed by atoms with van der Waals surface area (Å²) in [6.07, 6.45) is 3.52. The van der Waals surface area contributed by atoms with Crippen LogP contribution in [0.25, 0.3) is 0 Å². The quantitative estimate of drug-likeness (QED) is 0.631. The zero-order valence-corrected chi connectivity index (χ0v) is 12.5. The van der Waals surface area contributed by atoms with Gasteiger partial charge in [0.05, 0.1) is 25.5 Å². The molecule has 2 rings (SSSR count). The molecule has 0 bridgehead atoms. The van der Waals surface area contributed by atoms with Gasteiger partial charge in [-0.3, -0.25) is 10.8 Å². The lowest BCUT2D eigenvalue weighted by Crippen LogP contribution is -2.29. The summed E-state index contributed by atoms with van der Waals surface area (Å²) in [4.78, 5) is 4.07. The standard InChI is InChI=1S/C16H21N3O2/c1-11(2)21-13-6-4-5-12(9-13)16(19-17)14-7-8-18-10-15(14)20-3/h4-11,16,19H,17H2,1-3H3. The minimum absolute atomic E-state index is 0.125. The van der Waals surface area contributed by atoms with E-state index >= 15 is 0 Å². The van der Waals surface area contributed by atoms with E-state index in [1.54, 1.807) is 19.5 Å². The van der Waals surface area contributed by atoms with Crippen molar-refractivity contribution in [1.82, 2.24) is 10.4 Å². The molecule has 0 aliphatic heterocycles. The summed E-state index contributed by atoms with van der Waals surface area (Å²) in [5.41, 5.74) is 4.75. The molecule has 0 fully saturated rings. The molecule has 5 heteroatoms. The van der Waals surface area contributed by atoms with Crippen molar-refractivity contribution in [3.63, 3.8) is 0 Å². The molecule has 0 amide bonds. The van der Waals surface area contributed by atoms with E-state index in [0.717, 1.165) is 16.9 Å². The van der Waals surface area contributed by atoms with E-state index in [2.05, 4.69) is 10.4 Å². The molecule has 1 atom stereocenters. The second-order valence-corrected chi connectivity index (χ2v) is 4.96. The van der Waals surface area contributed by atoms with Crippen molar-refractivity contribution in [3.8, 4) is 11.5 Å². The van der Waals surface area contributed by atoms with Gasteiger partial charge in [0.1, 0.15) is 11.5 Å². The number of hydrogen-bond acceptors (Lipinski definition) is 5. The van der Waals surface area contributed by atoms with Crippen molar-refractivity contribution in [2.75, 3.05) is 7.11 Å². The Kier molecular flexibility index (Phi) is 5.14. The molecular weight excluding hydrogens is 266 g/mol. The Balaban J connectivity index is 2.37. The maximum atomic E-state index is 5.74. The SMILES string of the molecule is COc1cnccc1C(NN)c1cccc(OC(C)C)c1. The van der Waals surface area contributed by atoms with Gasteiger partial charge in [-0.2, -0.15) is 0 Å². The summed E-state index contributed by atoms with van der Waals surface area (Å²) < 4.78 is 11.1. The summed E-state index contributed by atoms with van der Waals surface area (Å²) >= 11 is 0. The topological polar surface area (TPSA) is 69.4 Å². The Morgan fingerprint density at radius 2 is 2.05 bits per heavy atom. The second kappa shape index (κ2) is 7.06. The molecule has 2 aromatic rings. The first-order valence-corrected chi connectivity index (χ1v) is 6.86. The number of pyridine rings is 1. The molecular formula is C16H21N3O2. The fourth-order valence-corrected chi connectivity index (χ4v) is 2.20. The fraction of sp³-hybridized carbons (Fsp3) is 0.312. The predicted molar refractivity (Wildman–Crippen MR) is 82.2 cm³/mol. The number of nitrogens with one attached hydrogen (secondary N) is 1. The second-order valence-electron chi connectivity index (χ2n) is 4.96. The van der Waals surface area contributed by atoms with Crippen molar-refractivity contribution in [2.24, 2.45) is 5.84 Å². The van der Waals surface area contributed by atoms with Crippen LogP contribution in [0.4, 0.5) is 0 Å². The van der Waals surface area contributed by atoms with Crippen LogP contribution in [0.1, 0.15) is 31.0 Å². The zero-order valence-electron chi connectivity index (χ0n) is 12.5. The number of nitrogens with two attached hydrogens (primary N) is 1. The molecule has 1 aromatic carbocycles. The van der Waals surface area contributed by atoms with Gasteiger partial charge in [-0.25, -0.2) is 5.43 Å². The van der Waals surface area contributed by atoms with Gasteiger partial charge in [0.2, 0.25) is 0 Å². The minimum atomic E-state index is -0.196. The lowest BCUT2D eigenvalue weighted by Gasteiger charge is -2.20. The number of aromatic nitrogens is 1. The Morgan fingerprint density at radius 1 is 1.24 bits per heavy atom. The maximum Gasteiger partial charge on any atom is 0.142 e. The van der Waals surface area contributed by atoms with Crippen LogP contribution in [0.2, 0.25) is 0 Å². The molecule has 21 heavy (non-hydrogen) atoms. The van der Waals surface area contributed by atoms with Crippen molar-refractivity contribution in [3.05, 3.63) is 53.9 Å². The lowest BCUT2D eigenvalue weighted by molar-refractivity contribution is 0.242. The molecule has 5 nitrogen and oxygen atoms in total. The molecule has 0 aliphatic carbocycles. The molecule has 1 heterocycles. The third kappa shape index (κ3) is 3.71. The predicted octanol–water partition coefficient (Wildman–Crippen LogP) is 2.43. The average molecular weight is 287 g/mol. The van der Waals surface area contributed by atoms with E-state index in [-0.39, 0.29) is 12.1 Å². The highest BCUT2D eigenvalue weighted by atomic mass is 16.5. The summed E-state index contributed by atoms with van der Waals surface area (Å²) in [6, 6.07) is 9.55. The number of rotatable bonds is 6. The van der Waals surface area contributed by atoms with E-state index in [1.165, 1.54) is 0 Å². The van der Waals surface area contributed by atoms with Gasteiger partial charge in [-0.15, -0.1) is 0 Å². The largest absolute Gasteiger partial charge is 0.495 e. The monoisotopic (exact) mass is 287 g/mol. The molecule has 112 valence electrons. The number of methoxy groups -OCH3 is 1. The van der Waals surface area contributed by atoms with E-state index in [0.29, 0.717) is 5.75 Å². The summed E-state index contributed by atoms with van der Waals surface area (Å²) in [6.45, 7) is 3.99. The van der Waals surface area contributed by atoms with Crippen LogP contribution < -0.4 is 20.7 Å². The number of benzene rings is 1. The molecule has 0 saturated heterocycles.